The van der Waals surface area contributed by atoms with E-state index in [9.17, 15) is 4.79 Å². The average molecular weight is 482 g/mol. The molecule has 0 unspecified atom stereocenters. The lowest BCUT2D eigenvalue weighted by molar-refractivity contribution is 0.262. The average Bonchev–Trinajstić information content (AvgIpc) is 3.30. The first-order valence-corrected chi connectivity index (χ1v) is 12.8. The van der Waals surface area contributed by atoms with Crippen molar-refractivity contribution in [1.29, 1.82) is 0 Å². The standard InChI is InChI=1S/C30H35N5O/c1-33(2)20-21-35-19-16-25-22-27(10-13-29(25)35)32-30(36)31-26-8-11-28(12-9-26)34-17-14-24(15-18-34)23-6-4-3-5-7-23/h3-13,16,19,22,24H,14-15,17-18,20-21H2,1-2H3,(H2,31,32,36). The zero-order valence-electron chi connectivity index (χ0n) is 21.2. The number of fused-ring (bicyclic) bond motifs is 1. The number of carbonyl (C=O) groups excluding carboxylic acids is 1. The normalized spacial score (nSPS) is 14.4. The van der Waals surface area contributed by atoms with E-state index in [-0.39, 0.29) is 6.03 Å². The third-order valence-electron chi connectivity index (χ3n) is 7.07. The number of aromatic nitrogens is 1. The highest BCUT2D eigenvalue weighted by atomic mass is 16.2. The van der Waals surface area contributed by atoms with Crippen molar-refractivity contribution in [3.05, 3.63) is 90.6 Å². The molecule has 36 heavy (non-hydrogen) atoms. The van der Waals surface area contributed by atoms with E-state index in [4.69, 9.17) is 0 Å². The number of nitrogens with one attached hydrogen (secondary N) is 2. The molecule has 2 amide bonds. The quantitative estimate of drug-likeness (QED) is 0.329. The van der Waals surface area contributed by atoms with Crippen LogP contribution in [0.3, 0.4) is 0 Å². The number of rotatable bonds is 7. The summed E-state index contributed by atoms with van der Waals surface area (Å²) in [6.07, 6.45) is 4.43. The second-order valence-electron chi connectivity index (χ2n) is 9.88. The smallest absolute Gasteiger partial charge is 0.323 e. The Balaban J connectivity index is 1.14. The van der Waals surface area contributed by atoms with Gasteiger partial charge in [0.05, 0.1) is 0 Å². The van der Waals surface area contributed by atoms with Gasteiger partial charge in [-0.2, -0.15) is 0 Å². The van der Waals surface area contributed by atoms with Crippen molar-refractivity contribution in [1.82, 2.24) is 9.47 Å². The topological polar surface area (TPSA) is 52.5 Å². The van der Waals surface area contributed by atoms with Gasteiger partial charge in [0.1, 0.15) is 0 Å². The molecule has 1 saturated heterocycles. The van der Waals surface area contributed by atoms with E-state index in [0.29, 0.717) is 5.92 Å². The summed E-state index contributed by atoms with van der Waals surface area (Å²) in [7, 11) is 4.16. The molecule has 0 saturated carbocycles. The molecule has 1 aliphatic heterocycles. The Morgan fingerprint density at radius 1 is 0.889 bits per heavy atom. The molecule has 1 aliphatic rings. The Hall–Kier alpha value is -3.77. The molecular formula is C30H35N5O. The van der Waals surface area contributed by atoms with Gasteiger partial charge in [0.15, 0.2) is 0 Å². The number of hydrogen-bond acceptors (Lipinski definition) is 3. The molecule has 2 heterocycles. The van der Waals surface area contributed by atoms with E-state index in [1.807, 2.05) is 24.3 Å². The van der Waals surface area contributed by atoms with Gasteiger partial charge >= 0.3 is 6.03 Å². The molecule has 6 nitrogen and oxygen atoms in total. The van der Waals surface area contributed by atoms with Crippen LogP contribution in [0.5, 0.6) is 0 Å². The van der Waals surface area contributed by atoms with Crippen molar-refractivity contribution < 1.29 is 4.79 Å². The highest BCUT2D eigenvalue weighted by Gasteiger charge is 2.20. The number of amides is 2. The van der Waals surface area contributed by atoms with Gasteiger partial charge < -0.3 is 25.0 Å². The summed E-state index contributed by atoms with van der Waals surface area (Å²) in [6.45, 7) is 4.01. The fourth-order valence-electron chi connectivity index (χ4n) is 5.03. The first kappa shape index (κ1) is 23.9. The van der Waals surface area contributed by atoms with Gasteiger partial charge in [0.25, 0.3) is 0 Å². The predicted molar refractivity (Wildman–Crippen MR) is 150 cm³/mol. The van der Waals surface area contributed by atoms with Gasteiger partial charge in [-0.05, 0) is 86.9 Å². The highest BCUT2D eigenvalue weighted by molar-refractivity contribution is 6.01. The van der Waals surface area contributed by atoms with E-state index in [1.54, 1.807) is 0 Å². The number of anilines is 3. The van der Waals surface area contributed by atoms with Crippen LogP contribution in [0.25, 0.3) is 10.9 Å². The Morgan fingerprint density at radius 3 is 2.31 bits per heavy atom. The zero-order chi connectivity index (χ0) is 24.9. The molecule has 2 N–H and O–H groups in total. The zero-order valence-corrected chi connectivity index (χ0v) is 21.2. The summed E-state index contributed by atoms with van der Waals surface area (Å²) in [5.41, 5.74) is 5.39. The Kier molecular flexibility index (Phi) is 7.23. The summed E-state index contributed by atoms with van der Waals surface area (Å²) in [4.78, 5) is 17.2. The van der Waals surface area contributed by atoms with Crippen LogP contribution in [0, 0.1) is 0 Å². The van der Waals surface area contributed by atoms with Crippen molar-refractivity contribution in [2.24, 2.45) is 0 Å². The fraction of sp³-hybridized carbons (Fsp3) is 0.300. The van der Waals surface area contributed by atoms with Crippen LogP contribution in [0.4, 0.5) is 21.9 Å². The van der Waals surface area contributed by atoms with Crippen molar-refractivity contribution >= 4 is 34.0 Å². The molecule has 0 spiro atoms. The maximum Gasteiger partial charge on any atom is 0.323 e. The van der Waals surface area contributed by atoms with Gasteiger partial charge in [-0.25, -0.2) is 4.79 Å². The highest BCUT2D eigenvalue weighted by Crippen LogP contribution is 2.31. The molecule has 0 bridgehead atoms. The lowest BCUT2D eigenvalue weighted by Crippen LogP contribution is -2.32. The van der Waals surface area contributed by atoms with E-state index in [1.165, 1.54) is 16.8 Å². The van der Waals surface area contributed by atoms with Crippen LogP contribution >= 0.6 is 0 Å². The van der Waals surface area contributed by atoms with Crippen molar-refractivity contribution in [2.75, 3.05) is 49.3 Å². The number of carbonyl (C=O) groups is 1. The SMILES string of the molecule is CN(C)CCn1ccc2cc(NC(=O)Nc3ccc(N4CCC(c5ccccc5)CC4)cc3)ccc21. The molecule has 4 aromatic rings. The molecule has 5 rings (SSSR count). The van der Waals surface area contributed by atoms with Crippen LogP contribution < -0.4 is 15.5 Å². The molecule has 1 fully saturated rings. The summed E-state index contributed by atoms with van der Waals surface area (Å²) < 4.78 is 2.24. The molecule has 1 aromatic heterocycles. The van der Waals surface area contributed by atoms with Gasteiger partial charge in [-0.3, -0.25) is 0 Å². The van der Waals surface area contributed by atoms with Crippen LogP contribution in [0.2, 0.25) is 0 Å². The second kappa shape index (κ2) is 10.9. The minimum absolute atomic E-state index is 0.238. The Morgan fingerprint density at radius 2 is 1.58 bits per heavy atom. The Bertz CT molecular complexity index is 1290. The van der Waals surface area contributed by atoms with Crippen LogP contribution in [0.15, 0.2) is 85.1 Å². The number of nitrogens with zero attached hydrogens (tertiary/aromatic N) is 3. The molecule has 0 radical (unpaired) electrons. The first-order valence-electron chi connectivity index (χ1n) is 12.8. The minimum atomic E-state index is -0.238. The number of likely N-dealkylation sites (N-methyl/N-ethyl adjacent to an activating group) is 1. The van der Waals surface area contributed by atoms with E-state index in [0.717, 1.165) is 55.8 Å². The summed E-state index contributed by atoms with van der Waals surface area (Å²) in [5.74, 6) is 0.642. The maximum atomic E-state index is 12.6. The lowest BCUT2D eigenvalue weighted by Gasteiger charge is -2.34. The molecular weight excluding hydrogens is 446 g/mol. The van der Waals surface area contributed by atoms with Gasteiger partial charge in [0.2, 0.25) is 0 Å². The number of piperidine rings is 1. The van der Waals surface area contributed by atoms with Crippen LogP contribution in [-0.4, -0.2) is 49.2 Å². The Labute approximate surface area is 213 Å². The molecule has 0 atom stereocenters. The van der Waals surface area contributed by atoms with Gasteiger partial charge in [-0.15, -0.1) is 0 Å². The van der Waals surface area contributed by atoms with Crippen molar-refractivity contribution in [2.45, 2.75) is 25.3 Å². The van der Waals surface area contributed by atoms with E-state index in [2.05, 4.69) is 99.9 Å². The van der Waals surface area contributed by atoms with Crippen LogP contribution in [-0.2, 0) is 6.54 Å². The second-order valence-corrected chi connectivity index (χ2v) is 9.88. The summed E-state index contributed by atoms with van der Waals surface area (Å²) in [5, 5.41) is 7.04. The van der Waals surface area contributed by atoms with Gasteiger partial charge in [-0.1, -0.05) is 30.3 Å². The summed E-state index contributed by atoms with van der Waals surface area (Å²) in [6, 6.07) is 26.9. The first-order chi connectivity index (χ1) is 17.5. The molecule has 6 heteroatoms. The minimum Gasteiger partial charge on any atom is -0.371 e. The lowest BCUT2D eigenvalue weighted by atomic mass is 9.89. The van der Waals surface area contributed by atoms with Crippen molar-refractivity contribution in [3.63, 3.8) is 0 Å². The monoisotopic (exact) mass is 481 g/mol. The largest absolute Gasteiger partial charge is 0.371 e. The number of urea groups is 1. The maximum absolute atomic E-state index is 12.6. The van der Waals surface area contributed by atoms with Crippen LogP contribution in [0.1, 0.15) is 24.3 Å². The molecule has 3 aromatic carbocycles. The van der Waals surface area contributed by atoms with E-state index < -0.39 is 0 Å². The number of hydrogen-bond donors (Lipinski definition) is 2. The third kappa shape index (κ3) is 5.71. The third-order valence-corrected chi connectivity index (χ3v) is 7.07. The van der Waals surface area contributed by atoms with Crippen molar-refractivity contribution in [3.8, 4) is 0 Å². The number of benzene rings is 3. The summed E-state index contributed by atoms with van der Waals surface area (Å²) >= 11 is 0. The predicted octanol–water partition coefficient (Wildman–Crippen LogP) is 6.23. The van der Waals surface area contributed by atoms with E-state index >= 15 is 0 Å². The molecule has 0 aliphatic carbocycles. The van der Waals surface area contributed by atoms with Gasteiger partial charge in [0, 0.05) is 60.3 Å². The fourth-order valence-corrected chi connectivity index (χ4v) is 5.03. The molecule has 186 valence electrons.